The van der Waals surface area contributed by atoms with Crippen molar-refractivity contribution in [3.05, 3.63) is 81.8 Å². The van der Waals surface area contributed by atoms with Crippen LogP contribution in [0.4, 0.5) is 11.4 Å². The number of fused-ring (bicyclic) bond motifs is 12. The molecule has 2 aliphatic rings. The van der Waals surface area contributed by atoms with E-state index in [2.05, 4.69) is 34.1 Å². The van der Waals surface area contributed by atoms with Crippen LogP contribution in [0.15, 0.2) is 60.7 Å². The zero-order valence-electron chi connectivity index (χ0n) is 22.7. The van der Waals surface area contributed by atoms with Crippen LogP contribution in [0.1, 0.15) is 25.0 Å². The van der Waals surface area contributed by atoms with E-state index >= 15 is 0 Å². The van der Waals surface area contributed by atoms with E-state index in [-0.39, 0.29) is 0 Å². The summed E-state index contributed by atoms with van der Waals surface area (Å²) in [5, 5.41) is 5.14. The van der Waals surface area contributed by atoms with Crippen LogP contribution in [0, 0.1) is 0 Å². The van der Waals surface area contributed by atoms with Gasteiger partial charge < -0.3 is 19.3 Å². The van der Waals surface area contributed by atoms with E-state index in [9.17, 15) is 0 Å². The number of hydrogen-bond donors (Lipinski definition) is 0. The molecule has 0 unspecified atom stereocenters. The number of ether oxygens (including phenoxy) is 2. The second-order valence-corrected chi connectivity index (χ2v) is 11.3. The van der Waals surface area contributed by atoms with E-state index in [4.69, 9.17) is 42.6 Å². The van der Waals surface area contributed by atoms with Crippen LogP contribution in [0.3, 0.4) is 0 Å². The number of benzene rings is 4. The van der Waals surface area contributed by atoms with E-state index in [0.717, 1.165) is 74.9 Å². The number of anilines is 2. The Hall–Kier alpha value is -4.00. The molecule has 6 aromatic rings. The Morgan fingerprint density at radius 2 is 1.10 bits per heavy atom. The first-order valence-corrected chi connectivity index (χ1v) is 14.6. The van der Waals surface area contributed by atoms with Gasteiger partial charge in [-0.25, -0.2) is 9.97 Å². The Kier molecular flexibility index (Phi) is 5.60. The molecule has 4 aromatic carbocycles. The molecule has 8 heteroatoms. The summed E-state index contributed by atoms with van der Waals surface area (Å²) in [4.78, 5) is 15.0. The molecule has 0 saturated carbocycles. The smallest absolute Gasteiger partial charge is 0.120 e. The minimum atomic E-state index is 0.604. The second kappa shape index (κ2) is 9.26. The Labute approximate surface area is 247 Å². The molecule has 8 rings (SSSR count). The first-order valence-electron chi connectivity index (χ1n) is 13.9. The van der Waals surface area contributed by atoms with Crippen LogP contribution < -0.4 is 19.3 Å². The molecule has 204 valence electrons. The van der Waals surface area contributed by atoms with Crippen LogP contribution in [0.5, 0.6) is 11.5 Å². The van der Waals surface area contributed by atoms with E-state index in [0.29, 0.717) is 23.3 Å². The van der Waals surface area contributed by atoms with Gasteiger partial charge in [0.15, 0.2) is 0 Å². The van der Waals surface area contributed by atoms with Gasteiger partial charge in [-0.05, 0) is 74.5 Å². The fourth-order valence-corrected chi connectivity index (χ4v) is 7.00. The van der Waals surface area contributed by atoms with Gasteiger partial charge in [-0.3, -0.25) is 0 Å². The lowest BCUT2D eigenvalue weighted by molar-refractivity contribution is 0.340. The molecule has 0 saturated heterocycles. The zero-order valence-corrected chi connectivity index (χ0v) is 24.2. The maximum Gasteiger partial charge on any atom is 0.120 e. The number of rotatable bonds is 4. The van der Waals surface area contributed by atoms with Crippen molar-refractivity contribution in [2.75, 3.05) is 29.7 Å². The molecule has 0 aliphatic carbocycles. The molecule has 0 fully saturated rings. The number of halogens is 2. The summed E-state index contributed by atoms with van der Waals surface area (Å²) in [7, 11) is 0. The Morgan fingerprint density at radius 3 is 1.54 bits per heavy atom. The van der Waals surface area contributed by atoms with Crippen molar-refractivity contribution in [1.82, 2.24) is 9.97 Å². The molecule has 0 amide bonds. The zero-order chi connectivity index (χ0) is 27.8. The predicted molar refractivity (Wildman–Crippen MR) is 168 cm³/mol. The van der Waals surface area contributed by atoms with Gasteiger partial charge in [0.05, 0.1) is 52.0 Å². The lowest BCUT2D eigenvalue weighted by atomic mass is 9.96. The normalized spacial score (nSPS) is 14.1. The summed E-state index contributed by atoms with van der Waals surface area (Å²) in [6, 6.07) is 20.4. The molecule has 6 nitrogen and oxygen atoms in total. The lowest BCUT2D eigenvalue weighted by Gasteiger charge is -2.45. The van der Waals surface area contributed by atoms with E-state index in [1.54, 1.807) is 0 Å². The summed E-state index contributed by atoms with van der Waals surface area (Å²) in [5.74, 6) is 1.60. The first-order chi connectivity index (χ1) is 20.0. The fourth-order valence-electron chi connectivity index (χ4n) is 6.40. The number of nitrogens with zero attached hydrogens (tertiary/aromatic N) is 4. The quantitative estimate of drug-likeness (QED) is 0.195. The average Bonchev–Trinajstić information content (AvgIpc) is 2.98. The van der Waals surface area contributed by atoms with Gasteiger partial charge in [-0.15, -0.1) is 0 Å². The van der Waals surface area contributed by atoms with Gasteiger partial charge in [-0.2, -0.15) is 0 Å². The Morgan fingerprint density at radius 1 is 0.634 bits per heavy atom. The highest BCUT2D eigenvalue weighted by Gasteiger charge is 2.33. The third-order valence-electron chi connectivity index (χ3n) is 8.21. The molecule has 2 aliphatic heterocycles. The van der Waals surface area contributed by atoms with Crippen molar-refractivity contribution in [3.8, 4) is 11.5 Å². The predicted octanol–water partition coefficient (Wildman–Crippen LogP) is 8.49. The van der Waals surface area contributed by atoms with Crippen molar-refractivity contribution >= 4 is 78.2 Å². The van der Waals surface area contributed by atoms with E-state index in [1.165, 1.54) is 22.5 Å². The van der Waals surface area contributed by atoms with Gasteiger partial charge in [0.25, 0.3) is 0 Å². The highest BCUT2D eigenvalue weighted by molar-refractivity contribution is 6.41. The summed E-state index contributed by atoms with van der Waals surface area (Å²) < 4.78 is 11.4. The molecule has 4 heterocycles. The van der Waals surface area contributed by atoms with Gasteiger partial charge in [-0.1, -0.05) is 23.2 Å². The van der Waals surface area contributed by atoms with Crippen molar-refractivity contribution < 1.29 is 9.47 Å². The first kappa shape index (κ1) is 24.8. The minimum absolute atomic E-state index is 0.604. The topological polar surface area (TPSA) is 50.7 Å². The van der Waals surface area contributed by atoms with Crippen molar-refractivity contribution in [2.24, 2.45) is 0 Å². The van der Waals surface area contributed by atoms with Gasteiger partial charge >= 0.3 is 0 Å². The highest BCUT2D eigenvalue weighted by atomic mass is 35.5. The molecule has 2 aromatic heterocycles. The molecular formula is C33H26Cl2N4O2. The summed E-state index contributed by atoms with van der Waals surface area (Å²) >= 11 is 14.0. The molecular weight excluding hydrogens is 555 g/mol. The maximum absolute atomic E-state index is 6.99. The standard InChI is InChI=1S/C33H26Cl2N4O2/c1-3-40-18-5-9-26-22(13-18)30(34)20-7-11-28-24(32(20)36-26)15-38-17-39(28)16-25-29(38)12-8-21-31(35)23-14-19(41-4-2)6-10-27(23)37-33(21)25/h5-14H,3-4,15-17H2,1-2H3. The number of hydrogen-bond acceptors (Lipinski definition) is 6. The van der Waals surface area contributed by atoms with Crippen molar-refractivity contribution in [3.63, 3.8) is 0 Å². The number of pyridine rings is 2. The molecule has 0 atom stereocenters. The summed E-state index contributed by atoms with van der Waals surface area (Å²) in [6.45, 7) is 7.42. The largest absolute Gasteiger partial charge is 0.494 e. The molecule has 2 bridgehead atoms. The van der Waals surface area contributed by atoms with E-state index in [1.807, 2.05) is 50.2 Å². The van der Waals surface area contributed by atoms with Crippen LogP contribution in [0.2, 0.25) is 10.0 Å². The minimum Gasteiger partial charge on any atom is -0.494 e. The monoisotopic (exact) mass is 580 g/mol. The van der Waals surface area contributed by atoms with Crippen LogP contribution >= 0.6 is 23.2 Å². The fraction of sp³-hybridized carbons (Fsp3) is 0.212. The second-order valence-electron chi connectivity index (χ2n) is 10.5. The maximum atomic E-state index is 6.99. The Balaban J connectivity index is 1.26. The van der Waals surface area contributed by atoms with Crippen LogP contribution in [-0.4, -0.2) is 29.9 Å². The third-order valence-corrected chi connectivity index (χ3v) is 9.02. The molecule has 0 N–H and O–H groups in total. The van der Waals surface area contributed by atoms with Gasteiger partial charge in [0, 0.05) is 57.1 Å². The lowest BCUT2D eigenvalue weighted by Crippen LogP contribution is -2.46. The van der Waals surface area contributed by atoms with Crippen molar-refractivity contribution in [1.29, 1.82) is 0 Å². The highest BCUT2D eigenvalue weighted by Crippen LogP contribution is 2.45. The third kappa shape index (κ3) is 3.70. The number of aromatic nitrogens is 2. The van der Waals surface area contributed by atoms with E-state index < -0.39 is 0 Å². The van der Waals surface area contributed by atoms with Crippen molar-refractivity contribution in [2.45, 2.75) is 26.9 Å². The van der Waals surface area contributed by atoms with Crippen LogP contribution in [-0.2, 0) is 13.1 Å². The summed E-state index contributed by atoms with van der Waals surface area (Å²) in [5.41, 5.74) is 8.35. The molecule has 41 heavy (non-hydrogen) atoms. The average molecular weight is 582 g/mol. The SMILES string of the molecule is CCOc1ccc2nc3c4c(ccc3c(Cl)c2c1)N1Cc2c(ccc3c(Cl)c5cc(OCC)ccc5nc23)N(C4)C1. The van der Waals surface area contributed by atoms with Gasteiger partial charge in [0.2, 0.25) is 0 Å². The molecule has 0 spiro atoms. The summed E-state index contributed by atoms with van der Waals surface area (Å²) in [6.07, 6.45) is 0. The van der Waals surface area contributed by atoms with Gasteiger partial charge in [0.1, 0.15) is 11.5 Å². The Bertz CT molecular complexity index is 1920. The van der Waals surface area contributed by atoms with Crippen LogP contribution in [0.25, 0.3) is 43.6 Å². The molecule has 0 radical (unpaired) electrons.